The molecular formula is C19H25ClN2O3. The SMILES string of the molecule is Cc1cccc(CC(=O)NC2CC(N(CC(=O)O)CC3CC3)C2)c1Cl. The van der Waals surface area contributed by atoms with Gasteiger partial charge in [0.2, 0.25) is 5.91 Å². The van der Waals surface area contributed by atoms with E-state index in [1.54, 1.807) is 0 Å². The molecule has 0 heterocycles. The van der Waals surface area contributed by atoms with Gasteiger partial charge in [-0.05, 0) is 49.7 Å². The van der Waals surface area contributed by atoms with Gasteiger partial charge in [0, 0.05) is 23.7 Å². The maximum atomic E-state index is 12.2. The van der Waals surface area contributed by atoms with E-state index in [1.165, 1.54) is 12.8 Å². The number of nitrogens with zero attached hydrogens (tertiary/aromatic N) is 1. The van der Waals surface area contributed by atoms with Gasteiger partial charge < -0.3 is 10.4 Å². The molecule has 0 aliphatic heterocycles. The highest BCUT2D eigenvalue weighted by Gasteiger charge is 2.37. The molecule has 0 atom stereocenters. The predicted octanol–water partition coefficient (Wildman–Crippen LogP) is 2.63. The van der Waals surface area contributed by atoms with Crippen molar-refractivity contribution in [2.75, 3.05) is 13.1 Å². The van der Waals surface area contributed by atoms with Gasteiger partial charge >= 0.3 is 5.97 Å². The maximum absolute atomic E-state index is 12.2. The number of carbonyl (C=O) groups excluding carboxylic acids is 1. The van der Waals surface area contributed by atoms with Crippen molar-refractivity contribution in [2.45, 2.75) is 51.1 Å². The lowest BCUT2D eigenvalue weighted by atomic mass is 9.85. The second kappa shape index (κ2) is 7.75. The molecule has 2 N–H and O–H groups in total. The topological polar surface area (TPSA) is 69.6 Å². The number of carbonyl (C=O) groups is 2. The zero-order valence-electron chi connectivity index (χ0n) is 14.5. The molecule has 0 aromatic heterocycles. The molecule has 25 heavy (non-hydrogen) atoms. The van der Waals surface area contributed by atoms with E-state index in [4.69, 9.17) is 16.7 Å². The van der Waals surface area contributed by atoms with Crippen LogP contribution in [0, 0.1) is 12.8 Å². The average molecular weight is 365 g/mol. The standard InChI is InChI=1S/C19H25ClN2O3/c1-12-3-2-4-14(19(12)20)7-17(23)21-15-8-16(9-15)22(11-18(24)25)10-13-5-6-13/h2-4,13,15-16H,5-11H2,1H3,(H,21,23)(H,24,25). The van der Waals surface area contributed by atoms with E-state index < -0.39 is 5.97 Å². The van der Waals surface area contributed by atoms with Crippen LogP contribution in [0.25, 0.3) is 0 Å². The minimum Gasteiger partial charge on any atom is -0.480 e. The highest BCUT2D eigenvalue weighted by molar-refractivity contribution is 6.32. The van der Waals surface area contributed by atoms with Crippen molar-refractivity contribution in [3.05, 3.63) is 34.3 Å². The summed E-state index contributed by atoms with van der Waals surface area (Å²) in [7, 11) is 0. The Bertz CT molecular complexity index is 654. The average Bonchev–Trinajstić information content (AvgIpc) is 3.30. The van der Waals surface area contributed by atoms with Crippen LogP contribution >= 0.6 is 11.6 Å². The summed E-state index contributed by atoms with van der Waals surface area (Å²) in [5.41, 5.74) is 1.82. The molecule has 6 heteroatoms. The number of amides is 1. The number of benzene rings is 1. The highest BCUT2D eigenvalue weighted by Crippen LogP contribution is 2.33. The number of aryl methyl sites for hydroxylation is 1. The van der Waals surface area contributed by atoms with Gasteiger partial charge in [0.25, 0.3) is 0 Å². The van der Waals surface area contributed by atoms with Crippen LogP contribution in [0.1, 0.15) is 36.8 Å². The van der Waals surface area contributed by atoms with Crippen LogP contribution < -0.4 is 5.32 Å². The molecule has 2 fully saturated rings. The first-order chi connectivity index (χ1) is 11.9. The highest BCUT2D eigenvalue weighted by atomic mass is 35.5. The van der Waals surface area contributed by atoms with Gasteiger partial charge in [-0.2, -0.15) is 0 Å². The lowest BCUT2D eigenvalue weighted by Gasteiger charge is -2.42. The molecule has 2 aliphatic carbocycles. The molecular weight excluding hydrogens is 340 g/mol. The summed E-state index contributed by atoms with van der Waals surface area (Å²) in [6, 6.07) is 6.12. The van der Waals surface area contributed by atoms with Crippen molar-refractivity contribution in [1.29, 1.82) is 0 Å². The monoisotopic (exact) mass is 364 g/mol. The van der Waals surface area contributed by atoms with Crippen molar-refractivity contribution >= 4 is 23.5 Å². The van der Waals surface area contributed by atoms with E-state index >= 15 is 0 Å². The summed E-state index contributed by atoms with van der Waals surface area (Å²) >= 11 is 6.25. The van der Waals surface area contributed by atoms with Crippen LogP contribution in [0.5, 0.6) is 0 Å². The van der Waals surface area contributed by atoms with Gasteiger partial charge in [0.15, 0.2) is 0 Å². The third kappa shape index (κ3) is 4.95. The number of aliphatic carboxylic acids is 1. The zero-order chi connectivity index (χ0) is 18.0. The quantitative estimate of drug-likeness (QED) is 0.744. The first-order valence-corrected chi connectivity index (χ1v) is 9.29. The molecule has 2 aliphatic rings. The van der Waals surface area contributed by atoms with Crippen LogP contribution in [0.4, 0.5) is 0 Å². The van der Waals surface area contributed by atoms with E-state index in [1.807, 2.05) is 25.1 Å². The second-order valence-electron chi connectivity index (χ2n) is 7.38. The molecule has 0 bridgehead atoms. The van der Waals surface area contributed by atoms with Crippen molar-refractivity contribution in [2.24, 2.45) is 5.92 Å². The molecule has 0 radical (unpaired) electrons. The van der Waals surface area contributed by atoms with E-state index in [9.17, 15) is 9.59 Å². The van der Waals surface area contributed by atoms with Crippen molar-refractivity contribution in [3.63, 3.8) is 0 Å². The molecule has 0 saturated heterocycles. The van der Waals surface area contributed by atoms with Gasteiger partial charge in [-0.15, -0.1) is 0 Å². The van der Waals surface area contributed by atoms with Crippen molar-refractivity contribution < 1.29 is 14.7 Å². The Morgan fingerprint density at radius 3 is 2.68 bits per heavy atom. The molecule has 136 valence electrons. The number of halogens is 1. The largest absolute Gasteiger partial charge is 0.480 e. The van der Waals surface area contributed by atoms with E-state index in [0.29, 0.717) is 10.9 Å². The Morgan fingerprint density at radius 2 is 2.04 bits per heavy atom. The summed E-state index contributed by atoms with van der Waals surface area (Å²) in [6.07, 6.45) is 4.35. The predicted molar refractivity (Wildman–Crippen MR) is 96.8 cm³/mol. The molecule has 1 amide bonds. The third-order valence-electron chi connectivity index (χ3n) is 5.15. The fraction of sp³-hybridized carbons (Fsp3) is 0.579. The molecule has 0 unspecified atom stereocenters. The lowest BCUT2D eigenvalue weighted by molar-refractivity contribution is -0.140. The molecule has 1 aromatic rings. The van der Waals surface area contributed by atoms with Crippen LogP contribution in [-0.2, 0) is 16.0 Å². The zero-order valence-corrected chi connectivity index (χ0v) is 15.3. The van der Waals surface area contributed by atoms with Crippen LogP contribution in [0.3, 0.4) is 0 Å². The minimum atomic E-state index is -0.776. The maximum Gasteiger partial charge on any atom is 0.317 e. The molecule has 0 spiro atoms. The summed E-state index contributed by atoms with van der Waals surface area (Å²) < 4.78 is 0. The van der Waals surface area contributed by atoms with E-state index in [0.717, 1.165) is 30.5 Å². The Kier molecular flexibility index (Phi) is 5.64. The van der Waals surface area contributed by atoms with E-state index in [-0.39, 0.29) is 31.0 Å². The lowest BCUT2D eigenvalue weighted by Crippen LogP contribution is -2.55. The first kappa shape index (κ1) is 18.2. The second-order valence-corrected chi connectivity index (χ2v) is 7.76. The van der Waals surface area contributed by atoms with Crippen molar-refractivity contribution in [3.8, 4) is 0 Å². The van der Waals surface area contributed by atoms with Gasteiger partial charge in [0.05, 0.1) is 13.0 Å². The summed E-state index contributed by atoms with van der Waals surface area (Å²) in [4.78, 5) is 25.4. The summed E-state index contributed by atoms with van der Waals surface area (Å²) in [6.45, 7) is 2.90. The number of nitrogens with one attached hydrogen (secondary N) is 1. The van der Waals surface area contributed by atoms with Crippen molar-refractivity contribution in [1.82, 2.24) is 10.2 Å². The van der Waals surface area contributed by atoms with Crippen LogP contribution in [0.15, 0.2) is 18.2 Å². The van der Waals surface area contributed by atoms with Crippen LogP contribution in [-0.4, -0.2) is 47.1 Å². The minimum absolute atomic E-state index is 0.0251. The number of rotatable bonds is 8. The normalized spacial score (nSPS) is 22.5. The summed E-state index contributed by atoms with van der Waals surface area (Å²) in [5, 5.41) is 12.8. The Labute approximate surface area is 153 Å². The van der Waals surface area contributed by atoms with Crippen LogP contribution in [0.2, 0.25) is 5.02 Å². The molecule has 1 aromatic carbocycles. The molecule has 3 rings (SSSR count). The van der Waals surface area contributed by atoms with Gasteiger partial charge in [-0.1, -0.05) is 29.8 Å². The number of carboxylic acids is 1. The number of hydrogen-bond donors (Lipinski definition) is 2. The Balaban J connectivity index is 1.46. The van der Waals surface area contributed by atoms with Gasteiger partial charge in [-0.3, -0.25) is 14.5 Å². The fourth-order valence-electron chi connectivity index (χ4n) is 3.45. The smallest absolute Gasteiger partial charge is 0.317 e. The van der Waals surface area contributed by atoms with Gasteiger partial charge in [-0.25, -0.2) is 0 Å². The Morgan fingerprint density at radius 1 is 1.32 bits per heavy atom. The van der Waals surface area contributed by atoms with Gasteiger partial charge in [0.1, 0.15) is 0 Å². The fourth-order valence-corrected chi connectivity index (χ4v) is 3.64. The molecule has 2 saturated carbocycles. The number of carboxylic acid groups (broad SMARTS) is 1. The first-order valence-electron chi connectivity index (χ1n) is 8.91. The van der Waals surface area contributed by atoms with E-state index in [2.05, 4.69) is 10.2 Å². The molecule has 5 nitrogen and oxygen atoms in total. The third-order valence-corrected chi connectivity index (χ3v) is 5.69. The Hall–Kier alpha value is -1.59. The summed E-state index contributed by atoms with van der Waals surface area (Å²) in [5.74, 6) is -0.137. The number of hydrogen-bond acceptors (Lipinski definition) is 3.